The summed E-state index contributed by atoms with van der Waals surface area (Å²) in [7, 11) is -4.03. The number of pyridine rings is 1. The molecule has 2 unspecified atom stereocenters. The van der Waals surface area contributed by atoms with E-state index >= 15 is 4.39 Å². The van der Waals surface area contributed by atoms with E-state index in [9.17, 15) is 24.1 Å². The monoisotopic (exact) mass is 646 g/mol. The molecule has 0 bridgehead atoms. The Morgan fingerprint density at radius 1 is 1.18 bits per heavy atom. The molecule has 3 aromatic rings. The first-order valence-corrected chi connectivity index (χ1v) is 15.9. The molecule has 236 valence electrons. The Morgan fingerprint density at radius 3 is 2.50 bits per heavy atom. The highest BCUT2D eigenvalue weighted by atomic mass is 35.5. The fourth-order valence-electron chi connectivity index (χ4n) is 5.90. The van der Waals surface area contributed by atoms with Crippen LogP contribution in [0.25, 0.3) is 11.3 Å². The highest BCUT2D eigenvalue weighted by molar-refractivity contribution is 8.24. The smallest absolute Gasteiger partial charge is 0.407 e. The molecule has 1 aromatic heterocycles. The van der Waals surface area contributed by atoms with Gasteiger partial charge < -0.3 is 25.7 Å². The highest BCUT2D eigenvalue weighted by Crippen LogP contribution is 2.59. The van der Waals surface area contributed by atoms with Crippen molar-refractivity contribution in [2.24, 2.45) is 4.40 Å². The van der Waals surface area contributed by atoms with E-state index in [1.165, 1.54) is 27.4 Å². The first kappa shape index (κ1) is 31.8. The fraction of sp³-hybridized carbons (Fsp3) is 0.367. The quantitative estimate of drug-likeness (QED) is 0.197. The molecule has 0 aliphatic carbocycles. The number of hydrogen-bond acceptors (Lipinski definition) is 9. The molecule has 3 heterocycles. The summed E-state index contributed by atoms with van der Waals surface area (Å²) >= 11 is 6.78. The van der Waals surface area contributed by atoms with Crippen molar-refractivity contribution in [2.45, 2.75) is 59.2 Å². The number of hydrogen-bond donors (Lipinski definition) is 5. The molecule has 0 radical (unpaired) electrons. The van der Waals surface area contributed by atoms with Crippen LogP contribution in [0.3, 0.4) is 0 Å². The highest BCUT2D eigenvalue weighted by Gasteiger charge is 2.43. The van der Waals surface area contributed by atoms with E-state index in [1.54, 1.807) is 32.0 Å². The average molecular weight is 647 g/mol. The Kier molecular flexibility index (Phi) is 8.46. The second-order valence-electron chi connectivity index (χ2n) is 11.5. The average Bonchev–Trinajstić information content (AvgIpc) is 2.94. The number of carboxylic acid groups (broad SMARTS) is 1. The number of fused-ring (bicyclic) bond motifs is 1. The minimum absolute atomic E-state index is 0.00954. The van der Waals surface area contributed by atoms with Gasteiger partial charge in [-0.3, -0.25) is 9.11 Å². The summed E-state index contributed by atoms with van der Waals surface area (Å²) in [6, 6.07) is 8.49. The summed E-state index contributed by atoms with van der Waals surface area (Å²) < 4.78 is 44.7. The number of nitrogens with zero attached hydrogens (tertiary/aromatic N) is 5. The first-order chi connectivity index (χ1) is 20.7. The third-order valence-electron chi connectivity index (χ3n) is 8.03. The molecule has 2 aliphatic heterocycles. The van der Waals surface area contributed by atoms with Gasteiger partial charge in [0.2, 0.25) is 0 Å². The van der Waals surface area contributed by atoms with Gasteiger partial charge in [-0.25, -0.2) is 18.5 Å². The summed E-state index contributed by atoms with van der Waals surface area (Å²) in [6.07, 6.45) is -1.05. The van der Waals surface area contributed by atoms with Gasteiger partial charge in [-0.15, -0.1) is 4.40 Å². The Balaban J connectivity index is 1.81. The van der Waals surface area contributed by atoms with Crippen LogP contribution in [-0.2, 0) is 6.61 Å². The van der Waals surface area contributed by atoms with Crippen LogP contribution in [0.1, 0.15) is 55.9 Å². The minimum Gasteiger partial charge on any atom is -0.465 e. The number of amides is 1. The van der Waals surface area contributed by atoms with Crippen LogP contribution in [-0.4, -0.2) is 71.2 Å². The molecule has 5 rings (SSSR count). The predicted octanol–water partition coefficient (Wildman–Crippen LogP) is 6.60. The van der Waals surface area contributed by atoms with Crippen LogP contribution in [0.4, 0.5) is 26.4 Å². The lowest BCUT2D eigenvalue weighted by molar-refractivity contribution is 0.0750. The topological polar surface area (TPSA) is 159 Å². The van der Waals surface area contributed by atoms with Crippen molar-refractivity contribution in [3.8, 4) is 11.3 Å². The van der Waals surface area contributed by atoms with Crippen molar-refractivity contribution in [3.05, 3.63) is 69.5 Å². The zero-order chi connectivity index (χ0) is 32.2. The van der Waals surface area contributed by atoms with E-state index in [1.807, 2.05) is 25.7 Å². The van der Waals surface area contributed by atoms with Gasteiger partial charge in [-0.05, 0) is 72.5 Å². The SMILES string of the molecule is Cc1cc(CO)cc(C(C)C)c1N1c2nc(-c3c(N)cccc3F)c(Cl)cc2C(N2CC(C)N(C(=O)O)CC2C)=NS1(O)O. The number of piperazine rings is 1. The number of halogens is 2. The third-order valence-corrected chi connectivity index (χ3v) is 9.58. The largest absolute Gasteiger partial charge is 0.465 e. The van der Waals surface area contributed by atoms with Crippen LogP contribution in [0, 0.1) is 12.7 Å². The maximum atomic E-state index is 15.2. The van der Waals surface area contributed by atoms with Gasteiger partial charge in [-0.2, -0.15) is 0 Å². The Bertz CT molecular complexity index is 1650. The lowest BCUT2D eigenvalue weighted by Crippen LogP contribution is -2.59. The van der Waals surface area contributed by atoms with Gasteiger partial charge in [-0.1, -0.05) is 43.6 Å². The zero-order valence-corrected chi connectivity index (χ0v) is 26.6. The van der Waals surface area contributed by atoms with E-state index in [2.05, 4.69) is 4.40 Å². The Labute approximate surface area is 262 Å². The van der Waals surface area contributed by atoms with Crippen LogP contribution >= 0.6 is 22.6 Å². The van der Waals surface area contributed by atoms with E-state index in [0.717, 1.165) is 0 Å². The van der Waals surface area contributed by atoms with E-state index < -0.39 is 35.0 Å². The van der Waals surface area contributed by atoms with Crippen LogP contribution in [0.15, 0.2) is 40.8 Å². The molecule has 0 spiro atoms. The summed E-state index contributed by atoms with van der Waals surface area (Å²) in [5.41, 5.74) is 9.02. The van der Waals surface area contributed by atoms with Crippen molar-refractivity contribution in [1.29, 1.82) is 0 Å². The van der Waals surface area contributed by atoms with Gasteiger partial charge in [0.25, 0.3) is 0 Å². The van der Waals surface area contributed by atoms with Crippen LogP contribution in [0.5, 0.6) is 0 Å². The molecule has 11 nitrogen and oxygen atoms in total. The van der Waals surface area contributed by atoms with Gasteiger partial charge in [0.15, 0.2) is 11.7 Å². The van der Waals surface area contributed by atoms with Crippen molar-refractivity contribution < 1.29 is 28.5 Å². The van der Waals surface area contributed by atoms with Crippen LogP contribution < -0.4 is 10.0 Å². The molecule has 14 heteroatoms. The number of aliphatic hydroxyl groups is 1. The van der Waals surface area contributed by atoms with Crippen molar-refractivity contribution in [1.82, 2.24) is 14.8 Å². The van der Waals surface area contributed by atoms with Gasteiger partial charge >= 0.3 is 6.09 Å². The normalized spacial score (nSPS) is 20.4. The second kappa shape index (κ2) is 11.7. The fourth-order valence-corrected chi connectivity index (χ4v) is 7.53. The van der Waals surface area contributed by atoms with E-state index in [-0.39, 0.29) is 59.2 Å². The van der Waals surface area contributed by atoms with Crippen molar-refractivity contribution in [3.63, 3.8) is 0 Å². The van der Waals surface area contributed by atoms with Gasteiger partial charge in [0, 0.05) is 30.9 Å². The summed E-state index contributed by atoms with van der Waals surface area (Å²) in [5, 5.41) is 19.7. The molecular weight excluding hydrogens is 611 g/mol. The Morgan fingerprint density at radius 2 is 1.89 bits per heavy atom. The van der Waals surface area contributed by atoms with E-state index in [4.69, 9.17) is 22.3 Å². The number of nitrogens with two attached hydrogens (primary N) is 1. The summed E-state index contributed by atoms with van der Waals surface area (Å²) in [6.45, 7) is 9.40. The molecule has 0 saturated carbocycles. The molecule has 2 aliphatic rings. The summed E-state index contributed by atoms with van der Waals surface area (Å²) in [4.78, 5) is 19.8. The molecule has 2 aromatic carbocycles. The zero-order valence-electron chi connectivity index (χ0n) is 25.0. The number of anilines is 3. The number of aryl methyl sites for hydroxylation is 1. The lowest BCUT2D eigenvalue weighted by Gasteiger charge is -2.49. The van der Waals surface area contributed by atoms with Gasteiger partial charge in [0.05, 0.1) is 34.1 Å². The number of amidine groups is 1. The van der Waals surface area contributed by atoms with Crippen LogP contribution in [0.2, 0.25) is 5.02 Å². The lowest BCUT2D eigenvalue weighted by atomic mass is 9.95. The third kappa shape index (κ3) is 5.43. The second-order valence-corrected chi connectivity index (χ2v) is 13.5. The van der Waals surface area contributed by atoms with E-state index in [0.29, 0.717) is 27.9 Å². The maximum absolute atomic E-state index is 15.2. The maximum Gasteiger partial charge on any atom is 0.407 e. The molecule has 1 amide bonds. The number of carbonyl (C=O) groups is 1. The molecule has 6 N–H and O–H groups in total. The molecule has 44 heavy (non-hydrogen) atoms. The number of rotatable bonds is 4. The minimum atomic E-state index is -4.03. The first-order valence-electron chi connectivity index (χ1n) is 14.1. The standard InChI is InChI=1S/C30H36ClFN6O5S/c1-15(2)20-10-19(14-39)9-16(3)27(20)38-28-21(11-22(31)26(34-28)25-23(32)7-6-8-24(25)33)29(35-44(38,42)43)36-12-18(5)37(30(40)41)13-17(36)4/h6-11,15,17-18,39,42-43H,12-14,33H2,1-5H3,(H,40,41). The van der Waals surface area contributed by atoms with Crippen molar-refractivity contribution >= 4 is 51.7 Å². The molecule has 1 fully saturated rings. The number of aliphatic hydroxyl groups excluding tert-OH is 1. The molecule has 2 atom stereocenters. The predicted molar refractivity (Wildman–Crippen MR) is 172 cm³/mol. The number of benzene rings is 2. The number of aromatic nitrogens is 1. The van der Waals surface area contributed by atoms with Crippen molar-refractivity contribution in [2.75, 3.05) is 23.1 Å². The number of nitrogen functional groups attached to an aromatic ring is 1. The molecule has 1 saturated heterocycles. The molecular formula is C30H36ClFN6O5S. The Hall–Kier alpha value is -3.62. The van der Waals surface area contributed by atoms with Gasteiger partial charge in [0.1, 0.15) is 5.82 Å². The summed E-state index contributed by atoms with van der Waals surface area (Å²) in [5.74, 6) is -0.517.